The van der Waals surface area contributed by atoms with Gasteiger partial charge in [0.2, 0.25) is 10.0 Å². The predicted molar refractivity (Wildman–Crippen MR) is 64.8 cm³/mol. The second-order valence-electron chi connectivity index (χ2n) is 3.18. The third-order valence-corrected chi connectivity index (χ3v) is 3.13. The highest BCUT2D eigenvalue weighted by Gasteiger charge is 2.10. The van der Waals surface area contributed by atoms with Gasteiger partial charge in [-0.1, -0.05) is 11.6 Å². The van der Waals surface area contributed by atoms with Gasteiger partial charge in [0.1, 0.15) is 12.4 Å². The van der Waals surface area contributed by atoms with E-state index >= 15 is 0 Å². The van der Waals surface area contributed by atoms with Gasteiger partial charge >= 0.3 is 0 Å². The maximum atomic E-state index is 11.1. The van der Waals surface area contributed by atoms with Crippen LogP contribution in [0.25, 0.3) is 0 Å². The van der Waals surface area contributed by atoms with Crippen LogP contribution in [0.15, 0.2) is 23.1 Å². The van der Waals surface area contributed by atoms with Crippen LogP contribution in [0.5, 0.6) is 5.75 Å². The molecule has 0 saturated carbocycles. The Morgan fingerprint density at radius 2 is 2.06 bits per heavy atom. The summed E-state index contributed by atoms with van der Waals surface area (Å²) < 4.78 is 32.5. The van der Waals surface area contributed by atoms with Gasteiger partial charge in [0.25, 0.3) is 0 Å². The first kappa shape index (κ1) is 14.2. The summed E-state index contributed by atoms with van der Waals surface area (Å²) in [5.41, 5.74) is 0. The second kappa shape index (κ2) is 6.20. The normalized spacial score (nSPS) is 11.5. The zero-order valence-electron chi connectivity index (χ0n) is 9.35. The van der Waals surface area contributed by atoms with Crippen molar-refractivity contribution in [2.75, 3.05) is 19.8 Å². The lowest BCUT2D eigenvalue weighted by atomic mass is 10.3. The summed E-state index contributed by atoms with van der Waals surface area (Å²) >= 11 is 5.86. The summed E-state index contributed by atoms with van der Waals surface area (Å²) in [6, 6.07) is 4.07. The van der Waals surface area contributed by atoms with E-state index in [9.17, 15) is 8.42 Å². The Labute approximate surface area is 106 Å². The van der Waals surface area contributed by atoms with Crippen molar-refractivity contribution in [1.29, 1.82) is 0 Å². The minimum atomic E-state index is -3.74. The lowest BCUT2D eigenvalue weighted by Crippen LogP contribution is -2.12. The standard InChI is InChI=1S/C10H14ClNO4S/c1-2-15-5-6-16-10-4-3-8(7-9(10)11)17(12,13)14/h3-4,7H,2,5-6H2,1H3,(H2,12,13,14). The molecule has 0 spiro atoms. The topological polar surface area (TPSA) is 78.6 Å². The van der Waals surface area contributed by atoms with Gasteiger partial charge < -0.3 is 9.47 Å². The predicted octanol–water partition coefficient (Wildman–Crippen LogP) is 1.40. The van der Waals surface area contributed by atoms with Crippen LogP contribution in [-0.4, -0.2) is 28.2 Å². The van der Waals surface area contributed by atoms with Gasteiger partial charge in [-0.05, 0) is 25.1 Å². The molecule has 1 aromatic carbocycles. The second-order valence-corrected chi connectivity index (χ2v) is 5.15. The molecule has 7 heteroatoms. The molecule has 0 unspecified atom stereocenters. The van der Waals surface area contributed by atoms with Crippen molar-refractivity contribution in [2.24, 2.45) is 5.14 Å². The number of hydrogen-bond donors (Lipinski definition) is 1. The third-order valence-electron chi connectivity index (χ3n) is 1.92. The molecular weight excluding hydrogens is 266 g/mol. The highest BCUT2D eigenvalue weighted by Crippen LogP contribution is 2.26. The molecule has 0 aliphatic carbocycles. The van der Waals surface area contributed by atoms with Gasteiger partial charge in [0, 0.05) is 6.61 Å². The molecule has 0 aromatic heterocycles. The number of ether oxygens (including phenoxy) is 2. The molecule has 0 amide bonds. The third kappa shape index (κ3) is 4.51. The van der Waals surface area contributed by atoms with Crippen molar-refractivity contribution in [3.05, 3.63) is 23.2 Å². The van der Waals surface area contributed by atoms with Crippen LogP contribution in [0.3, 0.4) is 0 Å². The molecule has 96 valence electrons. The van der Waals surface area contributed by atoms with Gasteiger partial charge in [-0.25, -0.2) is 13.6 Å². The molecule has 17 heavy (non-hydrogen) atoms. The molecular formula is C10H14ClNO4S. The molecule has 0 radical (unpaired) electrons. The molecule has 1 aromatic rings. The average Bonchev–Trinajstić information content (AvgIpc) is 2.24. The highest BCUT2D eigenvalue weighted by atomic mass is 35.5. The Morgan fingerprint density at radius 3 is 2.59 bits per heavy atom. The number of rotatable bonds is 6. The number of benzene rings is 1. The van der Waals surface area contributed by atoms with Gasteiger partial charge in [-0.3, -0.25) is 0 Å². The van der Waals surface area contributed by atoms with Gasteiger partial charge in [0.15, 0.2) is 0 Å². The van der Waals surface area contributed by atoms with Crippen LogP contribution >= 0.6 is 11.6 Å². The van der Waals surface area contributed by atoms with Crippen LogP contribution in [-0.2, 0) is 14.8 Å². The van der Waals surface area contributed by atoms with Gasteiger partial charge in [-0.2, -0.15) is 0 Å². The van der Waals surface area contributed by atoms with E-state index in [-0.39, 0.29) is 9.92 Å². The van der Waals surface area contributed by atoms with E-state index in [1.165, 1.54) is 18.2 Å². The van der Waals surface area contributed by atoms with Crippen LogP contribution in [0, 0.1) is 0 Å². The lowest BCUT2D eigenvalue weighted by Gasteiger charge is -2.08. The van der Waals surface area contributed by atoms with E-state index in [4.69, 9.17) is 26.2 Å². The summed E-state index contributed by atoms with van der Waals surface area (Å²) in [4.78, 5) is -0.0420. The molecule has 0 heterocycles. The summed E-state index contributed by atoms with van der Waals surface area (Å²) in [5.74, 6) is 0.402. The zero-order valence-corrected chi connectivity index (χ0v) is 10.9. The SMILES string of the molecule is CCOCCOc1ccc(S(N)(=O)=O)cc1Cl. The number of primary sulfonamides is 1. The first-order valence-corrected chi connectivity index (χ1v) is 6.90. The van der Waals surface area contributed by atoms with E-state index < -0.39 is 10.0 Å². The van der Waals surface area contributed by atoms with E-state index in [2.05, 4.69) is 0 Å². The summed E-state index contributed by atoms with van der Waals surface area (Å²) in [7, 11) is -3.74. The van der Waals surface area contributed by atoms with Crippen molar-refractivity contribution in [2.45, 2.75) is 11.8 Å². The Kier molecular flexibility index (Phi) is 5.20. The maximum absolute atomic E-state index is 11.1. The molecule has 5 nitrogen and oxygen atoms in total. The molecule has 2 N–H and O–H groups in total. The van der Waals surface area contributed by atoms with Crippen molar-refractivity contribution >= 4 is 21.6 Å². The fourth-order valence-corrected chi connectivity index (χ4v) is 1.97. The van der Waals surface area contributed by atoms with Crippen molar-refractivity contribution in [3.8, 4) is 5.75 Å². The number of nitrogens with two attached hydrogens (primary N) is 1. The first-order chi connectivity index (χ1) is 7.95. The van der Waals surface area contributed by atoms with E-state index in [0.29, 0.717) is 25.6 Å². The van der Waals surface area contributed by atoms with Crippen molar-refractivity contribution in [3.63, 3.8) is 0 Å². The molecule has 0 atom stereocenters. The van der Waals surface area contributed by atoms with E-state index in [1.807, 2.05) is 6.92 Å². The lowest BCUT2D eigenvalue weighted by molar-refractivity contribution is 0.110. The van der Waals surface area contributed by atoms with E-state index in [1.54, 1.807) is 0 Å². The zero-order chi connectivity index (χ0) is 12.9. The largest absolute Gasteiger partial charge is 0.490 e. The van der Waals surface area contributed by atoms with Crippen molar-refractivity contribution < 1.29 is 17.9 Å². The molecule has 0 fully saturated rings. The first-order valence-electron chi connectivity index (χ1n) is 4.98. The van der Waals surface area contributed by atoms with Crippen LogP contribution in [0.2, 0.25) is 5.02 Å². The van der Waals surface area contributed by atoms with Crippen LogP contribution in [0.4, 0.5) is 0 Å². The Balaban J connectivity index is 2.70. The summed E-state index contributed by atoms with van der Waals surface area (Å²) in [6.45, 7) is 3.29. The van der Waals surface area contributed by atoms with Crippen LogP contribution < -0.4 is 9.88 Å². The molecule has 0 aliphatic rings. The highest BCUT2D eigenvalue weighted by molar-refractivity contribution is 7.89. The van der Waals surface area contributed by atoms with Crippen molar-refractivity contribution in [1.82, 2.24) is 0 Å². The Morgan fingerprint density at radius 1 is 1.35 bits per heavy atom. The summed E-state index contributed by atoms with van der Waals surface area (Å²) in [6.07, 6.45) is 0. The fourth-order valence-electron chi connectivity index (χ4n) is 1.13. The smallest absolute Gasteiger partial charge is 0.238 e. The van der Waals surface area contributed by atoms with E-state index in [0.717, 1.165) is 0 Å². The number of sulfonamides is 1. The number of halogens is 1. The fraction of sp³-hybridized carbons (Fsp3) is 0.400. The maximum Gasteiger partial charge on any atom is 0.238 e. The molecule has 1 rings (SSSR count). The quantitative estimate of drug-likeness (QED) is 0.799. The van der Waals surface area contributed by atoms with Gasteiger partial charge in [0.05, 0.1) is 16.5 Å². The van der Waals surface area contributed by atoms with Crippen LogP contribution in [0.1, 0.15) is 6.92 Å². The average molecular weight is 280 g/mol. The monoisotopic (exact) mass is 279 g/mol. The molecule has 0 aliphatic heterocycles. The number of hydrogen-bond acceptors (Lipinski definition) is 4. The molecule has 0 bridgehead atoms. The Hall–Kier alpha value is -0.820. The molecule has 0 saturated heterocycles. The summed E-state index contributed by atoms with van der Waals surface area (Å²) in [5, 5.41) is 5.17. The van der Waals surface area contributed by atoms with Gasteiger partial charge in [-0.15, -0.1) is 0 Å². The Bertz CT molecular complexity index is 475. The minimum absolute atomic E-state index is 0.0420. The minimum Gasteiger partial charge on any atom is -0.490 e.